The van der Waals surface area contributed by atoms with Gasteiger partial charge in [-0.3, -0.25) is 9.78 Å². The maximum atomic E-state index is 13.4. The van der Waals surface area contributed by atoms with Gasteiger partial charge in [0, 0.05) is 23.1 Å². The van der Waals surface area contributed by atoms with Gasteiger partial charge in [-0.05, 0) is 64.9 Å². The van der Waals surface area contributed by atoms with Gasteiger partial charge >= 0.3 is 5.97 Å². The number of carbonyl (C=O) groups is 2. The summed E-state index contributed by atoms with van der Waals surface area (Å²) >= 11 is 0. The molecule has 164 valence electrons. The highest BCUT2D eigenvalue weighted by atomic mass is 16.4. The molecule has 0 aliphatic rings. The van der Waals surface area contributed by atoms with E-state index in [4.69, 9.17) is 10.9 Å². The summed E-state index contributed by atoms with van der Waals surface area (Å²) in [4.78, 5) is 30.4. The van der Waals surface area contributed by atoms with Gasteiger partial charge in [0.05, 0.1) is 6.21 Å². The first-order valence-electron chi connectivity index (χ1n) is 10.0. The van der Waals surface area contributed by atoms with E-state index in [9.17, 15) is 14.7 Å². The Kier molecular flexibility index (Phi) is 7.17. The first kappa shape index (κ1) is 22.5. The molecule has 0 bridgehead atoms. The second-order valence-electron chi connectivity index (χ2n) is 7.20. The molecular weight excluding hydrogens is 408 g/mol. The lowest BCUT2D eigenvalue weighted by atomic mass is 10.0. The minimum absolute atomic E-state index is 0.153. The van der Waals surface area contributed by atoms with E-state index >= 15 is 0 Å². The van der Waals surface area contributed by atoms with Crippen molar-refractivity contribution >= 4 is 18.1 Å². The molecule has 32 heavy (non-hydrogen) atoms. The number of pyridine rings is 1. The third-order valence-electron chi connectivity index (χ3n) is 5.05. The van der Waals surface area contributed by atoms with Gasteiger partial charge in [0.1, 0.15) is 0 Å². The molecule has 3 rings (SSSR count). The lowest BCUT2D eigenvalue weighted by Gasteiger charge is -2.26. The van der Waals surface area contributed by atoms with E-state index in [2.05, 4.69) is 10.1 Å². The van der Waals surface area contributed by atoms with Crippen LogP contribution in [0.4, 0.5) is 0 Å². The first-order valence-corrected chi connectivity index (χ1v) is 10.0. The van der Waals surface area contributed by atoms with Gasteiger partial charge in [0.2, 0.25) is 0 Å². The zero-order chi connectivity index (χ0) is 23.1. The molecule has 0 saturated heterocycles. The Hall–Kier alpha value is -4.20. The van der Waals surface area contributed by atoms with Gasteiger partial charge in [-0.2, -0.15) is 5.10 Å². The second-order valence-corrected chi connectivity index (χ2v) is 7.20. The molecule has 2 aromatic carbocycles. The standard InChI is InChI=1S/C24H24N4O4/c1-2-21(24(31)32)28(15-17-5-3-4-16(12-17)14-27-25)23(30)19-8-6-18(7-9-19)20-10-11-26-22(29)13-20/h3-14,21H,2,15,25H2,1H3,(H,26,29)(H,31,32)/b27-14+. The quantitative estimate of drug-likeness (QED) is 0.251. The zero-order valence-electron chi connectivity index (χ0n) is 17.6. The summed E-state index contributed by atoms with van der Waals surface area (Å²) in [5, 5.41) is 22.7. The predicted molar refractivity (Wildman–Crippen MR) is 120 cm³/mol. The SMILES string of the molecule is CCC(C(=O)[OH2+])N(Cc1cccc(/C=N/N)c1)C(=O)c1ccc(-c2ccnc([O-])c2)cc1. The zero-order valence-corrected chi connectivity index (χ0v) is 17.6. The third-order valence-corrected chi connectivity index (χ3v) is 5.05. The van der Waals surface area contributed by atoms with E-state index in [1.165, 1.54) is 23.4 Å². The topological polar surface area (TPSA) is 135 Å². The number of hydrogen-bond donors (Lipinski definition) is 1. The van der Waals surface area contributed by atoms with E-state index in [-0.39, 0.29) is 18.3 Å². The van der Waals surface area contributed by atoms with E-state index in [0.29, 0.717) is 17.5 Å². The summed E-state index contributed by atoms with van der Waals surface area (Å²) < 4.78 is 0. The average Bonchev–Trinajstić information content (AvgIpc) is 2.79. The van der Waals surface area contributed by atoms with Crippen molar-refractivity contribution in [1.29, 1.82) is 0 Å². The molecule has 3 aromatic rings. The number of benzene rings is 2. The van der Waals surface area contributed by atoms with Crippen LogP contribution in [-0.2, 0) is 11.3 Å². The number of carbonyl (C=O) groups excluding carboxylic acids is 2. The molecule has 8 heteroatoms. The molecule has 1 heterocycles. The number of hydrogen-bond acceptors (Lipinski definition) is 6. The molecule has 0 spiro atoms. The summed E-state index contributed by atoms with van der Waals surface area (Å²) in [5.41, 5.74) is 3.40. The summed E-state index contributed by atoms with van der Waals surface area (Å²) in [7, 11) is 0. The van der Waals surface area contributed by atoms with Crippen LogP contribution >= 0.6 is 0 Å². The highest BCUT2D eigenvalue weighted by molar-refractivity contribution is 5.97. The number of hydrazone groups is 1. The van der Waals surface area contributed by atoms with Crippen LogP contribution in [0.3, 0.4) is 0 Å². The number of rotatable bonds is 8. The van der Waals surface area contributed by atoms with Crippen LogP contribution in [0, 0.1) is 0 Å². The molecule has 0 fully saturated rings. The molecule has 4 N–H and O–H groups in total. The third kappa shape index (κ3) is 5.28. The number of aromatic nitrogens is 1. The molecule has 0 radical (unpaired) electrons. The molecule has 0 aliphatic carbocycles. The highest BCUT2D eigenvalue weighted by Crippen LogP contribution is 2.23. The average molecular weight is 432 g/mol. The monoisotopic (exact) mass is 432 g/mol. The largest absolute Gasteiger partial charge is 0.859 e. The van der Waals surface area contributed by atoms with Gasteiger partial charge < -0.3 is 21.0 Å². The van der Waals surface area contributed by atoms with Crippen molar-refractivity contribution in [1.82, 2.24) is 9.88 Å². The Morgan fingerprint density at radius 2 is 1.91 bits per heavy atom. The fourth-order valence-electron chi connectivity index (χ4n) is 3.49. The van der Waals surface area contributed by atoms with Crippen molar-refractivity contribution in [2.75, 3.05) is 0 Å². The fraction of sp³-hybridized carbons (Fsp3) is 0.167. The molecule has 0 saturated carbocycles. The molecule has 1 unspecified atom stereocenters. The predicted octanol–water partition coefficient (Wildman–Crippen LogP) is 1.79. The highest BCUT2D eigenvalue weighted by Gasteiger charge is 2.34. The van der Waals surface area contributed by atoms with Crippen LogP contribution in [0.1, 0.15) is 34.8 Å². The Morgan fingerprint density at radius 1 is 1.16 bits per heavy atom. The van der Waals surface area contributed by atoms with Gasteiger partial charge in [0.15, 0.2) is 6.04 Å². The van der Waals surface area contributed by atoms with Crippen molar-refractivity contribution in [3.8, 4) is 17.0 Å². The minimum Gasteiger partial charge on any atom is -0.859 e. The van der Waals surface area contributed by atoms with E-state index < -0.39 is 12.0 Å². The molecule has 1 atom stereocenters. The van der Waals surface area contributed by atoms with Crippen LogP contribution in [0.15, 0.2) is 72.0 Å². The number of amides is 1. The molecule has 0 aliphatic heterocycles. The van der Waals surface area contributed by atoms with E-state index in [0.717, 1.165) is 16.7 Å². The second kappa shape index (κ2) is 10.2. The summed E-state index contributed by atoms with van der Waals surface area (Å²) in [6.45, 7) is 1.92. The van der Waals surface area contributed by atoms with Gasteiger partial charge in [-0.25, -0.2) is 0 Å². The van der Waals surface area contributed by atoms with Crippen LogP contribution in [0.2, 0.25) is 0 Å². The van der Waals surface area contributed by atoms with Crippen LogP contribution in [-0.4, -0.2) is 39.1 Å². The number of nitrogens with zero attached hydrogens (tertiary/aromatic N) is 3. The van der Waals surface area contributed by atoms with Gasteiger partial charge in [-0.1, -0.05) is 37.3 Å². The summed E-state index contributed by atoms with van der Waals surface area (Å²) in [6, 6.07) is 16.3. The lowest BCUT2D eigenvalue weighted by molar-refractivity contribution is -0.274. The van der Waals surface area contributed by atoms with Crippen molar-refractivity contribution in [2.45, 2.75) is 25.9 Å². The van der Waals surface area contributed by atoms with E-state index in [1.54, 1.807) is 37.3 Å². The Bertz CT molecular complexity index is 1130. The van der Waals surface area contributed by atoms with Crippen LogP contribution in [0.25, 0.3) is 11.1 Å². The molecule has 8 nitrogen and oxygen atoms in total. The lowest BCUT2D eigenvalue weighted by Crippen LogP contribution is -2.44. The Labute approximate surface area is 185 Å². The maximum absolute atomic E-state index is 13.4. The van der Waals surface area contributed by atoms with Crippen molar-refractivity contribution < 1.29 is 19.8 Å². The molecule has 1 amide bonds. The van der Waals surface area contributed by atoms with Crippen molar-refractivity contribution in [3.63, 3.8) is 0 Å². The van der Waals surface area contributed by atoms with Crippen LogP contribution < -0.4 is 10.9 Å². The number of nitrogens with two attached hydrogens (primary N) is 1. The maximum Gasteiger partial charge on any atom is 0.538 e. The smallest absolute Gasteiger partial charge is 0.538 e. The summed E-state index contributed by atoms with van der Waals surface area (Å²) in [5.74, 6) is 3.70. The van der Waals surface area contributed by atoms with Crippen LogP contribution in [0.5, 0.6) is 5.88 Å². The minimum atomic E-state index is -0.878. The van der Waals surface area contributed by atoms with Crippen molar-refractivity contribution in [2.24, 2.45) is 10.9 Å². The van der Waals surface area contributed by atoms with E-state index in [1.807, 2.05) is 24.3 Å². The van der Waals surface area contributed by atoms with Gasteiger partial charge in [-0.15, -0.1) is 0 Å². The normalized spacial score (nSPS) is 11.9. The van der Waals surface area contributed by atoms with Gasteiger partial charge in [0.25, 0.3) is 5.91 Å². The first-order chi connectivity index (χ1) is 15.4. The summed E-state index contributed by atoms with van der Waals surface area (Å²) in [6.07, 6.45) is 3.25. The molecule has 1 aromatic heterocycles. The Morgan fingerprint density at radius 3 is 2.53 bits per heavy atom. The molecular formula is C24H24N4O4. The fourth-order valence-corrected chi connectivity index (χ4v) is 3.49. The Balaban J connectivity index is 1.91. The van der Waals surface area contributed by atoms with Crippen molar-refractivity contribution in [3.05, 3.63) is 83.6 Å².